The fraction of sp³-hybridized carbons (Fsp3) is 0.333. The predicted octanol–water partition coefficient (Wildman–Crippen LogP) is 4.73. The summed E-state index contributed by atoms with van der Waals surface area (Å²) in [7, 11) is 0. The highest BCUT2D eigenvalue weighted by atomic mass is 16.5. The number of carbonyl (C=O) groups excluding carboxylic acids is 1. The van der Waals surface area contributed by atoms with Crippen LogP contribution in [0, 0.1) is 0 Å². The number of carbonyl (C=O) groups is 2. The lowest BCUT2D eigenvalue weighted by molar-refractivity contribution is -0.136. The van der Waals surface area contributed by atoms with Crippen LogP contribution in [0.25, 0.3) is 5.57 Å². The summed E-state index contributed by atoms with van der Waals surface area (Å²) < 4.78 is 6.06. The zero-order valence-electron chi connectivity index (χ0n) is 17.5. The highest BCUT2D eigenvalue weighted by Gasteiger charge is 2.15. The molecule has 0 saturated carbocycles. The van der Waals surface area contributed by atoms with Gasteiger partial charge in [0.2, 0.25) is 5.91 Å². The molecule has 2 aromatic rings. The minimum atomic E-state index is -0.930. The van der Waals surface area contributed by atoms with E-state index in [1.807, 2.05) is 64.1 Å². The van der Waals surface area contributed by atoms with Crippen LogP contribution < -0.4 is 4.74 Å². The lowest BCUT2D eigenvalue weighted by atomic mass is 10.0. The molecule has 5 nitrogen and oxygen atoms in total. The third-order valence-electron chi connectivity index (χ3n) is 4.85. The van der Waals surface area contributed by atoms with Crippen LogP contribution in [0.2, 0.25) is 0 Å². The zero-order chi connectivity index (χ0) is 21.4. The first-order chi connectivity index (χ1) is 13.8. The van der Waals surface area contributed by atoms with E-state index >= 15 is 0 Å². The molecule has 0 radical (unpaired) electrons. The van der Waals surface area contributed by atoms with Crippen LogP contribution in [0.3, 0.4) is 0 Å². The molecule has 2 aromatic carbocycles. The quantitative estimate of drug-likeness (QED) is 0.624. The Morgan fingerprint density at radius 1 is 1.10 bits per heavy atom. The average molecular weight is 395 g/mol. The van der Waals surface area contributed by atoms with Crippen molar-refractivity contribution in [2.24, 2.45) is 0 Å². The fourth-order valence-electron chi connectivity index (χ4n) is 3.12. The number of rotatable bonds is 9. The van der Waals surface area contributed by atoms with Crippen molar-refractivity contribution in [3.05, 3.63) is 71.3 Å². The van der Waals surface area contributed by atoms with Crippen molar-refractivity contribution >= 4 is 17.4 Å². The fourth-order valence-corrected chi connectivity index (χ4v) is 3.12. The summed E-state index contributed by atoms with van der Waals surface area (Å²) in [6, 6.07) is 15.2. The van der Waals surface area contributed by atoms with Gasteiger partial charge in [0.15, 0.2) is 0 Å². The van der Waals surface area contributed by atoms with E-state index in [9.17, 15) is 14.7 Å². The van der Waals surface area contributed by atoms with E-state index in [0.29, 0.717) is 24.4 Å². The van der Waals surface area contributed by atoms with E-state index in [4.69, 9.17) is 4.74 Å². The number of ether oxygens (including phenoxy) is 1. The van der Waals surface area contributed by atoms with E-state index in [1.165, 1.54) is 0 Å². The normalized spacial score (nSPS) is 12.3. The molecule has 0 spiro atoms. The zero-order valence-corrected chi connectivity index (χ0v) is 17.5. The number of benzene rings is 2. The Hall–Kier alpha value is -3.08. The second-order valence-electron chi connectivity index (χ2n) is 6.90. The number of carboxylic acids is 1. The second kappa shape index (κ2) is 10.5. The summed E-state index contributed by atoms with van der Waals surface area (Å²) in [5, 5.41) is 9.32. The first-order valence-electron chi connectivity index (χ1n) is 9.89. The van der Waals surface area contributed by atoms with Crippen molar-refractivity contribution in [2.75, 3.05) is 13.1 Å². The maximum Gasteiger partial charge on any atom is 0.307 e. The summed E-state index contributed by atoms with van der Waals surface area (Å²) >= 11 is 0. The van der Waals surface area contributed by atoms with Crippen LogP contribution in [0.15, 0.2) is 54.6 Å². The highest BCUT2D eigenvalue weighted by molar-refractivity contribution is 5.95. The molecule has 5 heteroatoms. The first-order valence-corrected chi connectivity index (χ1v) is 9.89. The maximum atomic E-state index is 12.4. The van der Waals surface area contributed by atoms with Crippen LogP contribution in [-0.4, -0.2) is 35.0 Å². The molecule has 1 atom stereocenters. The van der Waals surface area contributed by atoms with E-state index < -0.39 is 5.97 Å². The molecular formula is C24H29NO4. The van der Waals surface area contributed by atoms with Gasteiger partial charge in [0.25, 0.3) is 0 Å². The van der Waals surface area contributed by atoms with Gasteiger partial charge in [-0.15, -0.1) is 0 Å². The molecule has 0 aliphatic carbocycles. The lowest BCUT2D eigenvalue weighted by Gasteiger charge is -2.19. The van der Waals surface area contributed by atoms with Gasteiger partial charge < -0.3 is 14.7 Å². The van der Waals surface area contributed by atoms with Crippen LogP contribution in [-0.2, 0) is 16.0 Å². The van der Waals surface area contributed by atoms with E-state index in [2.05, 4.69) is 0 Å². The number of hydrogen-bond acceptors (Lipinski definition) is 3. The number of allylic oxidation sites excluding steroid dienone is 1. The van der Waals surface area contributed by atoms with Gasteiger partial charge in [-0.05, 0) is 56.5 Å². The molecule has 0 saturated heterocycles. The molecule has 0 aliphatic rings. The standard InChI is InChI=1S/C24H29NO4/c1-5-25(6-2)23(26)14-17(3)20-12-13-22(21(15-20)16-24(27)28)29-18(4)19-10-8-7-9-11-19/h7-15,18H,5-6,16H2,1-4H3,(H,27,28)/t18-/m0/s1. The van der Waals surface area contributed by atoms with Crippen LogP contribution >= 0.6 is 0 Å². The Bertz CT molecular complexity index is 870. The molecule has 0 bridgehead atoms. The van der Waals surface area contributed by atoms with Crippen LogP contribution in [0.5, 0.6) is 5.75 Å². The van der Waals surface area contributed by atoms with Crippen molar-refractivity contribution in [1.82, 2.24) is 4.90 Å². The number of hydrogen-bond donors (Lipinski definition) is 1. The van der Waals surface area contributed by atoms with Gasteiger partial charge in [-0.25, -0.2) is 0 Å². The van der Waals surface area contributed by atoms with Crippen LogP contribution in [0.1, 0.15) is 50.5 Å². The molecular weight excluding hydrogens is 366 g/mol. The highest BCUT2D eigenvalue weighted by Crippen LogP contribution is 2.29. The van der Waals surface area contributed by atoms with E-state index in [1.54, 1.807) is 23.1 Å². The third kappa shape index (κ3) is 6.21. The molecule has 0 fully saturated rings. The number of amides is 1. The largest absolute Gasteiger partial charge is 0.486 e. The summed E-state index contributed by atoms with van der Waals surface area (Å²) in [4.78, 5) is 25.5. The molecule has 2 rings (SSSR count). The van der Waals surface area contributed by atoms with Gasteiger partial charge in [-0.3, -0.25) is 9.59 Å². The Morgan fingerprint density at radius 3 is 2.34 bits per heavy atom. The Balaban J connectivity index is 2.31. The van der Waals surface area contributed by atoms with Crippen molar-refractivity contribution in [3.8, 4) is 5.75 Å². The number of aliphatic carboxylic acids is 1. The third-order valence-corrected chi connectivity index (χ3v) is 4.85. The Labute approximate surface area is 172 Å². The average Bonchev–Trinajstić information content (AvgIpc) is 2.70. The topological polar surface area (TPSA) is 66.8 Å². The van der Waals surface area contributed by atoms with Gasteiger partial charge in [-0.1, -0.05) is 36.4 Å². The predicted molar refractivity (Wildman–Crippen MR) is 115 cm³/mol. The summed E-state index contributed by atoms with van der Waals surface area (Å²) in [6.07, 6.45) is 1.23. The molecule has 1 N–H and O–H groups in total. The number of nitrogens with zero attached hydrogens (tertiary/aromatic N) is 1. The second-order valence-corrected chi connectivity index (χ2v) is 6.90. The molecule has 0 aliphatic heterocycles. The lowest BCUT2D eigenvalue weighted by Crippen LogP contribution is -2.28. The summed E-state index contributed by atoms with van der Waals surface area (Å²) in [6.45, 7) is 8.96. The summed E-state index contributed by atoms with van der Waals surface area (Å²) in [5.74, 6) is -0.444. The minimum Gasteiger partial charge on any atom is -0.486 e. The SMILES string of the molecule is CCN(CC)C(=O)C=C(C)c1ccc(O[C@@H](C)c2ccccc2)c(CC(=O)O)c1. The number of likely N-dealkylation sites (N-methyl/N-ethyl adjacent to an activating group) is 1. The van der Waals surface area contributed by atoms with Gasteiger partial charge in [0.05, 0.1) is 6.42 Å². The minimum absolute atomic E-state index is 0.0506. The van der Waals surface area contributed by atoms with Gasteiger partial charge in [0.1, 0.15) is 11.9 Å². The van der Waals surface area contributed by atoms with Crippen LogP contribution in [0.4, 0.5) is 0 Å². The molecule has 1 amide bonds. The molecule has 0 heterocycles. The van der Waals surface area contributed by atoms with Crippen molar-refractivity contribution in [2.45, 2.75) is 40.2 Å². The van der Waals surface area contributed by atoms with Crippen molar-refractivity contribution < 1.29 is 19.4 Å². The molecule has 154 valence electrons. The first kappa shape index (κ1) is 22.2. The molecule has 0 unspecified atom stereocenters. The Kier molecular flexibility index (Phi) is 8.01. The van der Waals surface area contributed by atoms with E-state index in [0.717, 1.165) is 16.7 Å². The summed E-state index contributed by atoms with van der Waals surface area (Å²) in [5.41, 5.74) is 3.19. The maximum absolute atomic E-state index is 12.4. The van der Waals surface area contributed by atoms with Gasteiger partial charge in [-0.2, -0.15) is 0 Å². The Morgan fingerprint density at radius 2 is 1.76 bits per heavy atom. The van der Waals surface area contributed by atoms with Crippen molar-refractivity contribution in [1.29, 1.82) is 0 Å². The van der Waals surface area contributed by atoms with E-state index in [-0.39, 0.29) is 18.4 Å². The van der Waals surface area contributed by atoms with Crippen molar-refractivity contribution in [3.63, 3.8) is 0 Å². The molecule has 0 aromatic heterocycles. The van der Waals surface area contributed by atoms with Gasteiger partial charge in [0, 0.05) is 24.7 Å². The van der Waals surface area contributed by atoms with Gasteiger partial charge >= 0.3 is 5.97 Å². The molecule has 29 heavy (non-hydrogen) atoms. The monoisotopic (exact) mass is 395 g/mol. The number of carboxylic acid groups (broad SMARTS) is 1. The smallest absolute Gasteiger partial charge is 0.307 e.